The third kappa shape index (κ3) is 3.18. The summed E-state index contributed by atoms with van der Waals surface area (Å²) in [7, 11) is -3.58. The Hall–Kier alpha value is -1.31. The summed E-state index contributed by atoms with van der Waals surface area (Å²) in [5.41, 5.74) is 5.84. The first-order valence-electron chi connectivity index (χ1n) is 8.15. The number of rotatable bonds is 3. The fraction of sp³-hybridized carbons (Fsp3) is 0.625. The molecule has 2 aliphatic rings. The van der Waals surface area contributed by atoms with E-state index < -0.39 is 10.0 Å². The lowest BCUT2D eigenvalue weighted by molar-refractivity contribution is 0.192. The lowest BCUT2D eigenvalue weighted by Gasteiger charge is -2.38. The second-order valence-corrected chi connectivity index (χ2v) is 8.09. The van der Waals surface area contributed by atoms with Gasteiger partial charge in [0.25, 0.3) is 0 Å². The minimum atomic E-state index is -3.58. The molecule has 3 rings (SSSR count). The van der Waals surface area contributed by atoms with Crippen molar-refractivity contribution in [3.8, 4) is 11.5 Å². The molecule has 0 saturated carbocycles. The summed E-state index contributed by atoms with van der Waals surface area (Å²) in [6.45, 7) is 4.03. The van der Waals surface area contributed by atoms with Crippen molar-refractivity contribution >= 4 is 10.0 Å². The van der Waals surface area contributed by atoms with E-state index in [4.69, 9.17) is 15.2 Å². The number of piperidine rings is 1. The van der Waals surface area contributed by atoms with E-state index in [0.717, 1.165) is 19.3 Å². The van der Waals surface area contributed by atoms with Crippen LogP contribution in [0.25, 0.3) is 0 Å². The van der Waals surface area contributed by atoms with Crippen LogP contribution >= 0.6 is 0 Å². The van der Waals surface area contributed by atoms with Crippen molar-refractivity contribution in [1.82, 2.24) is 4.31 Å². The summed E-state index contributed by atoms with van der Waals surface area (Å²) in [5.74, 6) is 1.37. The van der Waals surface area contributed by atoms with Crippen LogP contribution in [0.1, 0.15) is 26.2 Å². The number of hydrogen-bond acceptors (Lipinski definition) is 5. The van der Waals surface area contributed by atoms with Crippen LogP contribution in [0.5, 0.6) is 11.5 Å². The number of benzene rings is 1. The van der Waals surface area contributed by atoms with Crippen LogP contribution in [0.15, 0.2) is 23.1 Å². The summed E-state index contributed by atoms with van der Waals surface area (Å²) >= 11 is 0. The van der Waals surface area contributed by atoms with E-state index in [1.54, 1.807) is 22.5 Å². The molecule has 1 aromatic carbocycles. The van der Waals surface area contributed by atoms with Crippen LogP contribution in [0.4, 0.5) is 0 Å². The molecule has 0 spiro atoms. The largest absolute Gasteiger partial charge is 0.490 e. The van der Waals surface area contributed by atoms with Crippen molar-refractivity contribution in [2.24, 2.45) is 11.7 Å². The number of fused-ring (bicyclic) bond motifs is 1. The van der Waals surface area contributed by atoms with Crippen LogP contribution in [0.3, 0.4) is 0 Å². The number of sulfonamides is 1. The Morgan fingerprint density at radius 3 is 2.70 bits per heavy atom. The lowest BCUT2D eigenvalue weighted by atomic mass is 9.93. The molecule has 7 heteroatoms. The van der Waals surface area contributed by atoms with Crippen LogP contribution in [0, 0.1) is 5.92 Å². The molecule has 2 N–H and O–H groups in total. The molecule has 0 unspecified atom stereocenters. The maximum Gasteiger partial charge on any atom is 0.243 e. The Morgan fingerprint density at radius 1 is 1.22 bits per heavy atom. The predicted octanol–water partition coefficient (Wildman–Crippen LogP) is 1.60. The highest BCUT2D eigenvalue weighted by atomic mass is 32.2. The minimum Gasteiger partial charge on any atom is -0.490 e. The second-order valence-electron chi connectivity index (χ2n) is 6.20. The Balaban J connectivity index is 1.94. The molecule has 2 atom stereocenters. The highest BCUT2D eigenvalue weighted by molar-refractivity contribution is 7.89. The molecule has 2 aliphatic heterocycles. The van der Waals surface area contributed by atoms with Crippen LogP contribution < -0.4 is 15.2 Å². The van der Waals surface area contributed by atoms with E-state index in [2.05, 4.69) is 6.92 Å². The third-order valence-electron chi connectivity index (χ3n) is 4.63. The SMILES string of the molecule is C[C@H]1CCCN(S(=O)(=O)c2ccc3c(c2)OCCCO3)[C@@H]1CN. The van der Waals surface area contributed by atoms with Gasteiger partial charge in [0.15, 0.2) is 11.5 Å². The van der Waals surface area contributed by atoms with E-state index in [9.17, 15) is 8.42 Å². The van der Waals surface area contributed by atoms with Crippen molar-refractivity contribution in [2.45, 2.75) is 37.1 Å². The average Bonchev–Trinajstić information content (AvgIpc) is 2.79. The summed E-state index contributed by atoms with van der Waals surface area (Å²) < 4.78 is 38.8. The number of hydrogen-bond donors (Lipinski definition) is 1. The van der Waals surface area contributed by atoms with Gasteiger partial charge in [-0.15, -0.1) is 0 Å². The molecule has 0 radical (unpaired) electrons. The molecule has 1 saturated heterocycles. The zero-order valence-electron chi connectivity index (χ0n) is 13.4. The predicted molar refractivity (Wildman–Crippen MR) is 87.2 cm³/mol. The Labute approximate surface area is 137 Å². The first-order chi connectivity index (χ1) is 11.0. The molecule has 1 fully saturated rings. The Bertz CT molecular complexity index is 662. The third-order valence-corrected chi connectivity index (χ3v) is 6.55. The molecular formula is C16H24N2O4S. The maximum absolute atomic E-state index is 13.0. The van der Waals surface area contributed by atoms with Gasteiger partial charge in [0, 0.05) is 31.6 Å². The Kier molecular flexibility index (Phi) is 4.79. The summed E-state index contributed by atoms with van der Waals surface area (Å²) in [6.07, 6.45) is 2.66. The summed E-state index contributed by atoms with van der Waals surface area (Å²) in [6, 6.07) is 4.70. The fourth-order valence-corrected chi connectivity index (χ4v) is 5.09. The van der Waals surface area contributed by atoms with Gasteiger partial charge in [-0.2, -0.15) is 4.31 Å². The van der Waals surface area contributed by atoms with Gasteiger partial charge < -0.3 is 15.2 Å². The quantitative estimate of drug-likeness (QED) is 0.904. The van der Waals surface area contributed by atoms with Gasteiger partial charge in [-0.25, -0.2) is 8.42 Å². The first kappa shape index (κ1) is 16.5. The zero-order valence-corrected chi connectivity index (χ0v) is 14.2. The molecule has 1 aromatic rings. The topological polar surface area (TPSA) is 81.9 Å². The molecule has 0 amide bonds. The van der Waals surface area contributed by atoms with Crippen molar-refractivity contribution in [3.63, 3.8) is 0 Å². The van der Waals surface area contributed by atoms with Crippen LogP contribution in [-0.4, -0.2) is 45.1 Å². The molecule has 6 nitrogen and oxygen atoms in total. The second kappa shape index (κ2) is 6.67. The van der Waals surface area contributed by atoms with Crippen LogP contribution in [0.2, 0.25) is 0 Å². The number of ether oxygens (including phenoxy) is 2. The van der Waals surface area contributed by atoms with E-state index >= 15 is 0 Å². The maximum atomic E-state index is 13.0. The van der Waals surface area contributed by atoms with Gasteiger partial charge in [-0.05, 0) is 30.9 Å². The smallest absolute Gasteiger partial charge is 0.243 e. The van der Waals surface area contributed by atoms with E-state index in [-0.39, 0.29) is 16.9 Å². The normalized spacial score (nSPS) is 25.8. The molecule has 0 bridgehead atoms. The lowest BCUT2D eigenvalue weighted by Crippen LogP contribution is -2.51. The van der Waals surface area contributed by atoms with Gasteiger partial charge in [-0.1, -0.05) is 6.92 Å². The van der Waals surface area contributed by atoms with E-state index in [0.29, 0.717) is 37.8 Å². The highest BCUT2D eigenvalue weighted by Crippen LogP contribution is 2.35. The number of nitrogens with zero attached hydrogens (tertiary/aromatic N) is 1. The summed E-state index contributed by atoms with van der Waals surface area (Å²) in [4.78, 5) is 0.245. The van der Waals surface area contributed by atoms with Crippen molar-refractivity contribution in [3.05, 3.63) is 18.2 Å². The minimum absolute atomic E-state index is 0.148. The van der Waals surface area contributed by atoms with Crippen molar-refractivity contribution in [2.75, 3.05) is 26.3 Å². The van der Waals surface area contributed by atoms with Crippen molar-refractivity contribution in [1.29, 1.82) is 0 Å². The van der Waals surface area contributed by atoms with Crippen LogP contribution in [-0.2, 0) is 10.0 Å². The fourth-order valence-electron chi connectivity index (χ4n) is 3.30. The van der Waals surface area contributed by atoms with Gasteiger partial charge in [0.2, 0.25) is 10.0 Å². The zero-order chi connectivity index (χ0) is 16.4. The molecular weight excluding hydrogens is 316 g/mol. The first-order valence-corrected chi connectivity index (χ1v) is 9.59. The standard InChI is InChI=1S/C16H24N2O4S/c1-12-4-2-7-18(14(12)11-17)23(19,20)13-5-6-15-16(10-13)22-9-3-8-21-15/h5-6,10,12,14H,2-4,7-9,11,17H2,1H3/t12-,14+/m0/s1. The van der Waals surface area contributed by atoms with Crippen molar-refractivity contribution < 1.29 is 17.9 Å². The molecule has 128 valence electrons. The monoisotopic (exact) mass is 340 g/mol. The molecule has 23 heavy (non-hydrogen) atoms. The highest BCUT2D eigenvalue weighted by Gasteiger charge is 2.36. The molecule has 2 heterocycles. The van der Waals surface area contributed by atoms with E-state index in [1.165, 1.54) is 0 Å². The van der Waals surface area contributed by atoms with Gasteiger partial charge in [0.1, 0.15) is 0 Å². The van der Waals surface area contributed by atoms with Gasteiger partial charge in [-0.3, -0.25) is 0 Å². The van der Waals surface area contributed by atoms with E-state index in [1.807, 2.05) is 0 Å². The Morgan fingerprint density at radius 2 is 1.96 bits per heavy atom. The number of nitrogens with two attached hydrogens (primary N) is 1. The van der Waals surface area contributed by atoms with Gasteiger partial charge in [0.05, 0.1) is 18.1 Å². The molecule has 0 aromatic heterocycles. The van der Waals surface area contributed by atoms with Gasteiger partial charge >= 0.3 is 0 Å². The summed E-state index contributed by atoms with van der Waals surface area (Å²) in [5, 5.41) is 0. The average molecular weight is 340 g/mol. The molecule has 0 aliphatic carbocycles.